The van der Waals surface area contributed by atoms with Crippen LogP contribution in [-0.4, -0.2) is 5.11 Å². The van der Waals surface area contributed by atoms with Crippen LogP contribution in [0.5, 0.6) is 0 Å². The van der Waals surface area contributed by atoms with Crippen molar-refractivity contribution < 1.29 is 5.11 Å². The number of hydrogen-bond donors (Lipinski definition) is 1. The van der Waals surface area contributed by atoms with Crippen molar-refractivity contribution in [3.63, 3.8) is 0 Å². The standard InChI is InChI=1S/C9H9O/c1-8(10)7-9-5-3-2-4-6-9/h2-5,10H,1,7H2. The van der Waals surface area contributed by atoms with Crippen molar-refractivity contribution >= 4 is 0 Å². The van der Waals surface area contributed by atoms with Gasteiger partial charge in [0.1, 0.15) is 0 Å². The fourth-order valence-corrected chi connectivity index (χ4v) is 0.760. The van der Waals surface area contributed by atoms with Gasteiger partial charge >= 0.3 is 0 Å². The maximum atomic E-state index is 8.79. The third-order valence-corrected chi connectivity index (χ3v) is 1.17. The lowest BCUT2D eigenvalue weighted by Gasteiger charge is -1.95. The molecule has 1 N–H and O–H groups in total. The van der Waals surface area contributed by atoms with Gasteiger partial charge in [-0.2, -0.15) is 0 Å². The van der Waals surface area contributed by atoms with Crippen LogP contribution in [0.2, 0.25) is 0 Å². The van der Waals surface area contributed by atoms with Crippen molar-refractivity contribution in [2.24, 2.45) is 0 Å². The van der Waals surface area contributed by atoms with Crippen molar-refractivity contribution in [3.8, 4) is 0 Å². The molecule has 0 aromatic heterocycles. The second-order valence-electron chi connectivity index (χ2n) is 2.13. The van der Waals surface area contributed by atoms with Gasteiger partial charge in [-0.3, -0.25) is 0 Å². The summed E-state index contributed by atoms with van der Waals surface area (Å²) in [5.41, 5.74) is 0.968. The summed E-state index contributed by atoms with van der Waals surface area (Å²) in [4.78, 5) is 0. The lowest BCUT2D eigenvalue weighted by atomic mass is 10.1. The second kappa shape index (κ2) is 3.06. The molecule has 0 unspecified atom stereocenters. The van der Waals surface area contributed by atoms with Gasteiger partial charge < -0.3 is 5.11 Å². The molecule has 1 aromatic rings. The molecule has 10 heavy (non-hydrogen) atoms. The zero-order valence-corrected chi connectivity index (χ0v) is 5.67. The molecule has 1 nitrogen and oxygen atoms in total. The SMILES string of the molecule is C=C(O)Cc1[c]cccc1. The summed E-state index contributed by atoms with van der Waals surface area (Å²) in [6, 6.07) is 10.5. The van der Waals surface area contributed by atoms with E-state index in [-0.39, 0.29) is 5.76 Å². The Morgan fingerprint density at radius 3 is 2.90 bits per heavy atom. The summed E-state index contributed by atoms with van der Waals surface area (Å²) >= 11 is 0. The molecule has 0 saturated carbocycles. The molecule has 0 fully saturated rings. The third-order valence-electron chi connectivity index (χ3n) is 1.17. The molecular weight excluding hydrogens is 124 g/mol. The summed E-state index contributed by atoms with van der Waals surface area (Å²) in [5, 5.41) is 8.79. The molecule has 51 valence electrons. The van der Waals surface area contributed by atoms with Gasteiger partial charge in [-0.25, -0.2) is 0 Å². The Morgan fingerprint density at radius 1 is 1.60 bits per heavy atom. The fourth-order valence-electron chi connectivity index (χ4n) is 0.760. The molecule has 0 atom stereocenters. The summed E-state index contributed by atoms with van der Waals surface area (Å²) in [7, 11) is 0. The van der Waals surface area contributed by atoms with Gasteiger partial charge in [-0.05, 0) is 11.6 Å². The van der Waals surface area contributed by atoms with Gasteiger partial charge in [-0.15, -0.1) is 0 Å². The van der Waals surface area contributed by atoms with Crippen LogP contribution >= 0.6 is 0 Å². The molecule has 0 aliphatic rings. The minimum absolute atomic E-state index is 0.183. The molecule has 1 radical (unpaired) electrons. The Bertz CT molecular complexity index is 213. The van der Waals surface area contributed by atoms with Crippen LogP contribution in [0.4, 0.5) is 0 Å². The normalized spacial score (nSPS) is 9.20. The number of aliphatic hydroxyl groups excluding tert-OH is 1. The second-order valence-corrected chi connectivity index (χ2v) is 2.13. The van der Waals surface area contributed by atoms with Crippen molar-refractivity contribution in [3.05, 3.63) is 48.2 Å². The number of hydrogen-bond acceptors (Lipinski definition) is 1. The van der Waals surface area contributed by atoms with Crippen LogP contribution in [0.3, 0.4) is 0 Å². The van der Waals surface area contributed by atoms with E-state index in [1.54, 1.807) is 0 Å². The minimum Gasteiger partial charge on any atom is -0.513 e. The number of benzene rings is 1. The van der Waals surface area contributed by atoms with E-state index in [1.807, 2.05) is 24.3 Å². The van der Waals surface area contributed by atoms with Gasteiger partial charge in [0, 0.05) is 6.42 Å². The molecule has 0 aliphatic carbocycles. The van der Waals surface area contributed by atoms with E-state index < -0.39 is 0 Å². The van der Waals surface area contributed by atoms with Gasteiger partial charge in [0.2, 0.25) is 0 Å². The molecule has 0 amide bonds. The van der Waals surface area contributed by atoms with Crippen LogP contribution in [0.25, 0.3) is 0 Å². The molecule has 0 spiro atoms. The summed E-state index contributed by atoms with van der Waals surface area (Å²) < 4.78 is 0. The molecule has 0 saturated heterocycles. The first kappa shape index (κ1) is 6.87. The van der Waals surface area contributed by atoms with Crippen LogP contribution in [-0.2, 0) is 6.42 Å². The zero-order chi connectivity index (χ0) is 7.40. The first-order chi connectivity index (χ1) is 4.79. The van der Waals surface area contributed by atoms with Gasteiger partial charge in [0.05, 0.1) is 5.76 Å². The molecule has 1 heteroatoms. The van der Waals surface area contributed by atoms with Crippen molar-refractivity contribution in [2.75, 3.05) is 0 Å². The van der Waals surface area contributed by atoms with Crippen LogP contribution in [0.15, 0.2) is 36.6 Å². The van der Waals surface area contributed by atoms with Gasteiger partial charge in [0.25, 0.3) is 0 Å². The van der Waals surface area contributed by atoms with E-state index in [1.165, 1.54) is 0 Å². The largest absolute Gasteiger partial charge is 0.513 e. The molecule has 0 bridgehead atoms. The molecule has 0 heterocycles. The monoisotopic (exact) mass is 133 g/mol. The summed E-state index contributed by atoms with van der Waals surface area (Å²) in [6.45, 7) is 3.39. The highest BCUT2D eigenvalue weighted by atomic mass is 16.3. The smallest absolute Gasteiger partial charge is 0.0895 e. The highest BCUT2D eigenvalue weighted by Crippen LogP contribution is 2.01. The fraction of sp³-hybridized carbons (Fsp3) is 0.111. The molecule has 0 aliphatic heterocycles. The van der Waals surface area contributed by atoms with E-state index in [2.05, 4.69) is 12.6 Å². The lowest BCUT2D eigenvalue weighted by Crippen LogP contribution is -1.85. The van der Waals surface area contributed by atoms with Crippen LogP contribution < -0.4 is 0 Å². The van der Waals surface area contributed by atoms with E-state index >= 15 is 0 Å². The Hall–Kier alpha value is -1.24. The zero-order valence-electron chi connectivity index (χ0n) is 5.67. The first-order valence-electron chi connectivity index (χ1n) is 3.11. The average Bonchev–Trinajstić information content (AvgIpc) is 1.88. The van der Waals surface area contributed by atoms with E-state index in [4.69, 9.17) is 5.11 Å². The lowest BCUT2D eigenvalue weighted by molar-refractivity contribution is 0.401. The quantitative estimate of drug-likeness (QED) is 0.612. The van der Waals surface area contributed by atoms with Crippen LogP contribution in [0.1, 0.15) is 5.56 Å². The highest BCUT2D eigenvalue weighted by molar-refractivity contribution is 5.16. The number of aliphatic hydroxyl groups is 1. The van der Waals surface area contributed by atoms with Gasteiger partial charge in [-0.1, -0.05) is 30.8 Å². The third kappa shape index (κ3) is 1.94. The van der Waals surface area contributed by atoms with E-state index in [0.29, 0.717) is 6.42 Å². The maximum Gasteiger partial charge on any atom is 0.0895 e. The molecule has 1 rings (SSSR count). The Labute approximate surface area is 60.6 Å². The molecular formula is C9H9O. The van der Waals surface area contributed by atoms with Gasteiger partial charge in [0.15, 0.2) is 0 Å². The predicted molar refractivity (Wildman–Crippen MR) is 40.8 cm³/mol. The topological polar surface area (TPSA) is 20.2 Å². The number of rotatable bonds is 2. The number of allylic oxidation sites excluding steroid dienone is 1. The first-order valence-corrected chi connectivity index (χ1v) is 3.11. The summed E-state index contributed by atoms with van der Waals surface area (Å²) in [5.74, 6) is 0.183. The minimum atomic E-state index is 0.183. The maximum absolute atomic E-state index is 8.79. The van der Waals surface area contributed by atoms with Crippen molar-refractivity contribution in [2.45, 2.75) is 6.42 Å². The van der Waals surface area contributed by atoms with Crippen LogP contribution in [0, 0.1) is 6.07 Å². The van der Waals surface area contributed by atoms with E-state index in [0.717, 1.165) is 5.56 Å². The van der Waals surface area contributed by atoms with Crippen molar-refractivity contribution in [1.29, 1.82) is 0 Å². The Balaban J connectivity index is 2.67. The van der Waals surface area contributed by atoms with Crippen molar-refractivity contribution in [1.82, 2.24) is 0 Å². The highest BCUT2D eigenvalue weighted by Gasteiger charge is 1.91. The average molecular weight is 133 g/mol. The Morgan fingerprint density at radius 2 is 2.40 bits per heavy atom. The summed E-state index contributed by atoms with van der Waals surface area (Å²) in [6.07, 6.45) is 0.501. The Kier molecular flexibility index (Phi) is 2.11. The predicted octanol–water partition coefficient (Wildman–Crippen LogP) is 2.10. The van der Waals surface area contributed by atoms with E-state index in [9.17, 15) is 0 Å². The molecule has 1 aromatic carbocycles.